The molecule has 1 fully saturated rings. The standard InChI is InChI=1S/C23H23N3O4S/c1-14-13-15(22(28)29)6-7-16(14)18-8-9-19(30-18)21-20(17-5-2-3-10-24-17)25-23(31)26(21)11-4-12-27/h2-3,5-10,13,20-21,27H,4,11-12H2,1H3,(H,25,31)(H,28,29)/t20-,21+/m1/s1. The number of nitrogens with zero attached hydrogens (tertiary/aromatic N) is 2. The molecule has 0 bridgehead atoms. The molecule has 3 heterocycles. The number of hydrogen-bond acceptors (Lipinski definition) is 5. The molecular weight excluding hydrogens is 414 g/mol. The molecule has 160 valence electrons. The van der Waals surface area contributed by atoms with E-state index in [-0.39, 0.29) is 24.3 Å². The second kappa shape index (κ2) is 8.87. The summed E-state index contributed by atoms with van der Waals surface area (Å²) in [6.45, 7) is 2.51. The maximum atomic E-state index is 11.2. The van der Waals surface area contributed by atoms with E-state index >= 15 is 0 Å². The van der Waals surface area contributed by atoms with Crippen LogP contribution in [0.1, 0.15) is 45.9 Å². The van der Waals surface area contributed by atoms with Gasteiger partial charge in [-0.1, -0.05) is 12.1 Å². The molecule has 1 aliphatic rings. The fourth-order valence-electron chi connectivity index (χ4n) is 3.93. The number of furan rings is 1. The van der Waals surface area contributed by atoms with Crippen LogP contribution in [0.2, 0.25) is 0 Å². The topological polar surface area (TPSA) is 98.8 Å². The number of aryl methyl sites for hydroxylation is 1. The third-order valence-corrected chi connectivity index (χ3v) is 5.76. The lowest BCUT2D eigenvalue weighted by Gasteiger charge is -2.25. The van der Waals surface area contributed by atoms with Crippen molar-refractivity contribution in [2.45, 2.75) is 25.4 Å². The minimum Gasteiger partial charge on any atom is -0.478 e. The number of thiocarbonyl (C=S) groups is 1. The lowest BCUT2D eigenvalue weighted by Crippen LogP contribution is -2.30. The van der Waals surface area contributed by atoms with Crippen LogP contribution in [0.3, 0.4) is 0 Å². The van der Waals surface area contributed by atoms with Crippen LogP contribution < -0.4 is 5.32 Å². The Hall–Kier alpha value is -3.23. The number of carbonyl (C=O) groups is 1. The Labute approximate surface area is 185 Å². The van der Waals surface area contributed by atoms with E-state index in [4.69, 9.17) is 16.6 Å². The van der Waals surface area contributed by atoms with Crippen LogP contribution >= 0.6 is 12.2 Å². The maximum absolute atomic E-state index is 11.2. The van der Waals surface area contributed by atoms with Crippen molar-refractivity contribution in [1.29, 1.82) is 0 Å². The van der Waals surface area contributed by atoms with Crippen LogP contribution in [-0.2, 0) is 0 Å². The van der Waals surface area contributed by atoms with E-state index < -0.39 is 5.97 Å². The molecular formula is C23H23N3O4S. The molecule has 4 rings (SSSR count). The number of aromatic carboxylic acids is 1. The molecule has 1 aromatic carbocycles. The van der Waals surface area contributed by atoms with Crippen molar-refractivity contribution >= 4 is 23.3 Å². The van der Waals surface area contributed by atoms with Crippen molar-refractivity contribution in [3.8, 4) is 11.3 Å². The van der Waals surface area contributed by atoms with Crippen LogP contribution in [0.15, 0.2) is 59.1 Å². The number of carboxylic acid groups (broad SMARTS) is 1. The van der Waals surface area contributed by atoms with E-state index in [9.17, 15) is 15.0 Å². The molecule has 3 N–H and O–H groups in total. The van der Waals surface area contributed by atoms with Crippen LogP contribution in [0.4, 0.5) is 0 Å². The SMILES string of the molecule is Cc1cc(C(=O)O)ccc1-c1ccc([C@H]2[C@@H](c3ccccn3)NC(=S)N2CCCO)o1. The fraction of sp³-hybridized carbons (Fsp3) is 0.261. The molecule has 8 heteroatoms. The van der Waals surface area contributed by atoms with Gasteiger partial charge in [-0.05, 0) is 67.5 Å². The van der Waals surface area contributed by atoms with Crippen molar-refractivity contribution in [1.82, 2.24) is 15.2 Å². The molecule has 0 saturated carbocycles. The number of benzene rings is 1. The minimum atomic E-state index is -0.960. The van der Waals surface area contributed by atoms with Gasteiger partial charge in [-0.3, -0.25) is 4.98 Å². The summed E-state index contributed by atoms with van der Waals surface area (Å²) in [6, 6.07) is 14.1. The first-order valence-electron chi connectivity index (χ1n) is 10.0. The largest absolute Gasteiger partial charge is 0.478 e. The van der Waals surface area contributed by atoms with Gasteiger partial charge in [-0.25, -0.2) is 4.79 Å². The number of carboxylic acids is 1. The average molecular weight is 438 g/mol. The summed E-state index contributed by atoms with van der Waals surface area (Å²) < 4.78 is 6.27. The monoisotopic (exact) mass is 437 g/mol. The van der Waals surface area contributed by atoms with E-state index in [1.807, 2.05) is 42.2 Å². The lowest BCUT2D eigenvalue weighted by atomic mass is 10.0. The minimum absolute atomic E-state index is 0.0681. The maximum Gasteiger partial charge on any atom is 0.335 e. The highest BCUT2D eigenvalue weighted by Gasteiger charge is 2.41. The Morgan fingerprint density at radius 2 is 2.10 bits per heavy atom. The first-order valence-corrected chi connectivity index (χ1v) is 10.4. The van der Waals surface area contributed by atoms with Gasteiger partial charge in [0, 0.05) is 24.9 Å². The molecule has 1 aliphatic heterocycles. The quantitative estimate of drug-likeness (QED) is 0.481. The normalized spacial score (nSPS) is 18.3. The first-order chi connectivity index (χ1) is 15.0. The molecule has 0 spiro atoms. The predicted molar refractivity (Wildman–Crippen MR) is 120 cm³/mol. The summed E-state index contributed by atoms with van der Waals surface area (Å²) in [5, 5.41) is 22.5. The number of nitrogens with one attached hydrogen (secondary N) is 1. The van der Waals surface area contributed by atoms with Crippen molar-refractivity contribution in [3.05, 3.63) is 77.3 Å². The van der Waals surface area contributed by atoms with Gasteiger partial charge in [0.25, 0.3) is 0 Å². The van der Waals surface area contributed by atoms with Crippen LogP contribution in [0.5, 0.6) is 0 Å². The number of rotatable bonds is 7. The van der Waals surface area contributed by atoms with Gasteiger partial charge in [0.1, 0.15) is 17.6 Å². The van der Waals surface area contributed by atoms with Gasteiger partial charge in [0.15, 0.2) is 5.11 Å². The van der Waals surface area contributed by atoms with E-state index in [1.165, 1.54) is 0 Å². The van der Waals surface area contributed by atoms with E-state index in [2.05, 4.69) is 10.3 Å². The smallest absolute Gasteiger partial charge is 0.335 e. The fourth-order valence-corrected chi connectivity index (χ4v) is 4.26. The first kappa shape index (κ1) is 21.0. The molecule has 0 radical (unpaired) electrons. The molecule has 2 atom stereocenters. The summed E-state index contributed by atoms with van der Waals surface area (Å²) in [4.78, 5) is 17.7. The second-order valence-electron chi connectivity index (χ2n) is 7.43. The van der Waals surface area contributed by atoms with E-state index in [0.29, 0.717) is 23.8 Å². The molecule has 7 nitrogen and oxygen atoms in total. The van der Waals surface area contributed by atoms with Gasteiger partial charge in [0.2, 0.25) is 0 Å². The van der Waals surface area contributed by atoms with Crippen molar-refractivity contribution in [2.24, 2.45) is 0 Å². The molecule has 2 aromatic heterocycles. The Balaban J connectivity index is 1.71. The Kier molecular flexibility index (Phi) is 6.01. The van der Waals surface area contributed by atoms with Gasteiger partial charge >= 0.3 is 5.97 Å². The van der Waals surface area contributed by atoms with Crippen LogP contribution in [0.25, 0.3) is 11.3 Å². The highest BCUT2D eigenvalue weighted by atomic mass is 32.1. The third-order valence-electron chi connectivity index (χ3n) is 5.41. The number of aromatic nitrogens is 1. The van der Waals surface area contributed by atoms with Crippen molar-refractivity contribution < 1.29 is 19.4 Å². The van der Waals surface area contributed by atoms with Gasteiger partial charge in [-0.2, -0.15) is 0 Å². The molecule has 0 unspecified atom stereocenters. The molecule has 31 heavy (non-hydrogen) atoms. The Morgan fingerprint density at radius 1 is 1.26 bits per heavy atom. The van der Waals surface area contributed by atoms with Gasteiger partial charge in [-0.15, -0.1) is 0 Å². The summed E-state index contributed by atoms with van der Waals surface area (Å²) in [5.41, 5.74) is 2.74. The highest BCUT2D eigenvalue weighted by molar-refractivity contribution is 7.80. The average Bonchev–Trinajstić information content (AvgIpc) is 3.37. The highest BCUT2D eigenvalue weighted by Crippen LogP contribution is 2.40. The number of aliphatic hydroxyl groups excluding tert-OH is 1. The molecule has 0 aliphatic carbocycles. The number of hydrogen-bond donors (Lipinski definition) is 3. The van der Waals surface area contributed by atoms with Gasteiger partial charge < -0.3 is 24.8 Å². The Morgan fingerprint density at radius 3 is 2.77 bits per heavy atom. The zero-order chi connectivity index (χ0) is 22.0. The molecule has 3 aromatic rings. The summed E-state index contributed by atoms with van der Waals surface area (Å²) in [5.74, 6) is 0.417. The van der Waals surface area contributed by atoms with Crippen molar-refractivity contribution in [2.75, 3.05) is 13.2 Å². The Bertz CT molecular complexity index is 1100. The number of aliphatic hydroxyl groups is 1. The zero-order valence-corrected chi connectivity index (χ0v) is 17.8. The molecule has 1 saturated heterocycles. The van der Waals surface area contributed by atoms with E-state index in [0.717, 1.165) is 22.6 Å². The second-order valence-corrected chi connectivity index (χ2v) is 7.82. The van der Waals surface area contributed by atoms with E-state index in [1.54, 1.807) is 24.4 Å². The lowest BCUT2D eigenvalue weighted by molar-refractivity contribution is 0.0696. The van der Waals surface area contributed by atoms with Crippen LogP contribution in [-0.4, -0.2) is 44.3 Å². The third kappa shape index (κ3) is 4.17. The van der Waals surface area contributed by atoms with Crippen molar-refractivity contribution in [3.63, 3.8) is 0 Å². The summed E-state index contributed by atoms with van der Waals surface area (Å²) in [7, 11) is 0. The number of pyridine rings is 1. The molecule has 0 amide bonds. The van der Waals surface area contributed by atoms with Gasteiger partial charge in [0.05, 0.1) is 17.3 Å². The summed E-state index contributed by atoms with van der Waals surface area (Å²) in [6.07, 6.45) is 2.32. The summed E-state index contributed by atoms with van der Waals surface area (Å²) >= 11 is 5.58. The zero-order valence-electron chi connectivity index (χ0n) is 17.0. The predicted octanol–water partition coefficient (Wildman–Crippen LogP) is 3.70. The van der Waals surface area contributed by atoms with Crippen LogP contribution in [0, 0.1) is 6.92 Å².